The minimum atomic E-state index is -0.278. The first-order chi connectivity index (χ1) is 16.9. The Hall–Kier alpha value is -2.11. The van der Waals surface area contributed by atoms with Gasteiger partial charge < -0.3 is 14.2 Å². The van der Waals surface area contributed by atoms with Gasteiger partial charge in [0, 0.05) is 26.2 Å². The molecule has 0 bridgehead atoms. The monoisotopic (exact) mass is 492 g/mol. The van der Waals surface area contributed by atoms with Gasteiger partial charge in [0.1, 0.15) is 12.2 Å². The SMILES string of the molecule is CCCCCCCCC(/C=C/C=C/C1CCCCC1C(CCCC(=O)OC)OC(C)=O)OC(C)=O. The van der Waals surface area contributed by atoms with Gasteiger partial charge in [-0.15, -0.1) is 0 Å². The van der Waals surface area contributed by atoms with Gasteiger partial charge in [0.05, 0.1) is 7.11 Å². The Morgan fingerprint density at radius 2 is 1.54 bits per heavy atom. The molecule has 0 radical (unpaired) electrons. The number of unbranched alkanes of at least 4 members (excludes halogenated alkanes) is 5. The molecule has 0 aromatic heterocycles. The van der Waals surface area contributed by atoms with E-state index in [1.54, 1.807) is 0 Å². The van der Waals surface area contributed by atoms with Crippen LogP contribution in [0.5, 0.6) is 0 Å². The molecule has 1 aliphatic rings. The van der Waals surface area contributed by atoms with Crippen molar-refractivity contribution in [3.05, 3.63) is 24.3 Å². The van der Waals surface area contributed by atoms with Gasteiger partial charge in [-0.3, -0.25) is 14.4 Å². The minimum Gasteiger partial charge on any atom is -0.469 e. The maximum Gasteiger partial charge on any atom is 0.305 e. The second-order valence-electron chi connectivity index (χ2n) is 9.70. The number of methoxy groups -OCH3 is 1. The molecule has 4 atom stereocenters. The van der Waals surface area contributed by atoms with Crippen molar-refractivity contribution >= 4 is 17.9 Å². The normalized spacial score (nSPS) is 20.0. The first kappa shape index (κ1) is 30.9. The summed E-state index contributed by atoms with van der Waals surface area (Å²) >= 11 is 0. The third-order valence-electron chi connectivity index (χ3n) is 6.72. The molecule has 0 aliphatic heterocycles. The van der Waals surface area contributed by atoms with E-state index < -0.39 is 0 Å². The number of esters is 3. The molecule has 0 amide bonds. The topological polar surface area (TPSA) is 78.9 Å². The molecule has 0 N–H and O–H groups in total. The van der Waals surface area contributed by atoms with E-state index in [0.29, 0.717) is 25.2 Å². The summed E-state index contributed by atoms with van der Waals surface area (Å²) < 4.78 is 15.9. The van der Waals surface area contributed by atoms with Crippen molar-refractivity contribution < 1.29 is 28.6 Å². The Morgan fingerprint density at radius 1 is 0.857 bits per heavy atom. The zero-order valence-corrected chi connectivity index (χ0v) is 22.5. The van der Waals surface area contributed by atoms with Crippen LogP contribution in [-0.4, -0.2) is 37.2 Å². The van der Waals surface area contributed by atoms with Crippen LogP contribution in [0.3, 0.4) is 0 Å². The second kappa shape index (κ2) is 19.1. The molecule has 4 unspecified atom stereocenters. The Bertz CT molecular complexity index is 668. The molecule has 1 fully saturated rings. The molecule has 6 nitrogen and oxygen atoms in total. The van der Waals surface area contributed by atoms with Crippen molar-refractivity contribution in [1.29, 1.82) is 0 Å². The third kappa shape index (κ3) is 14.8. The predicted octanol–water partition coefficient (Wildman–Crippen LogP) is 6.86. The summed E-state index contributed by atoms with van der Waals surface area (Å²) in [7, 11) is 1.39. The molecule has 35 heavy (non-hydrogen) atoms. The number of ether oxygens (including phenoxy) is 3. The van der Waals surface area contributed by atoms with E-state index in [-0.39, 0.29) is 36.0 Å². The Balaban J connectivity index is 2.70. The van der Waals surface area contributed by atoms with E-state index in [4.69, 9.17) is 14.2 Å². The van der Waals surface area contributed by atoms with Crippen molar-refractivity contribution in [1.82, 2.24) is 0 Å². The van der Waals surface area contributed by atoms with Crippen LogP contribution in [-0.2, 0) is 28.6 Å². The lowest BCUT2D eigenvalue weighted by molar-refractivity contribution is -0.151. The Labute approximate surface area is 212 Å². The number of hydrogen-bond donors (Lipinski definition) is 0. The summed E-state index contributed by atoms with van der Waals surface area (Å²) in [6.45, 7) is 5.12. The lowest BCUT2D eigenvalue weighted by Crippen LogP contribution is -2.33. The molecule has 0 aromatic rings. The largest absolute Gasteiger partial charge is 0.469 e. The summed E-state index contributed by atoms with van der Waals surface area (Å²) in [6.07, 6.45) is 21.8. The molecular weight excluding hydrogens is 444 g/mol. The molecule has 1 saturated carbocycles. The predicted molar refractivity (Wildman–Crippen MR) is 139 cm³/mol. The summed E-state index contributed by atoms with van der Waals surface area (Å²) in [5.74, 6) is -0.220. The molecule has 1 rings (SSSR count). The Morgan fingerprint density at radius 3 is 2.23 bits per heavy atom. The highest BCUT2D eigenvalue weighted by molar-refractivity contribution is 5.69. The summed E-state index contributed by atoms with van der Waals surface area (Å²) in [4.78, 5) is 34.8. The van der Waals surface area contributed by atoms with Crippen LogP contribution in [0.4, 0.5) is 0 Å². The average molecular weight is 493 g/mol. The van der Waals surface area contributed by atoms with Crippen LogP contribution in [0.25, 0.3) is 0 Å². The van der Waals surface area contributed by atoms with Crippen LogP contribution in [0, 0.1) is 11.8 Å². The fourth-order valence-corrected chi connectivity index (χ4v) is 4.94. The summed E-state index contributed by atoms with van der Waals surface area (Å²) in [5, 5.41) is 0. The fourth-order valence-electron chi connectivity index (χ4n) is 4.94. The second-order valence-corrected chi connectivity index (χ2v) is 9.70. The van der Waals surface area contributed by atoms with Gasteiger partial charge in [-0.05, 0) is 50.5 Å². The highest BCUT2D eigenvalue weighted by Crippen LogP contribution is 2.36. The van der Waals surface area contributed by atoms with Crippen LogP contribution in [0.1, 0.15) is 111 Å². The van der Waals surface area contributed by atoms with Crippen molar-refractivity contribution in [3.63, 3.8) is 0 Å². The molecule has 0 saturated heterocycles. The minimum absolute atomic E-state index is 0.197. The first-order valence-electron chi connectivity index (χ1n) is 13.6. The van der Waals surface area contributed by atoms with Crippen molar-refractivity contribution in [2.75, 3.05) is 7.11 Å². The number of rotatable bonds is 17. The van der Waals surface area contributed by atoms with E-state index in [0.717, 1.165) is 38.5 Å². The molecule has 6 heteroatoms. The van der Waals surface area contributed by atoms with Crippen LogP contribution < -0.4 is 0 Å². The average Bonchev–Trinajstić information content (AvgIpc) is 2.82. The van der Waals surface area contributed by atoms with Gasteiger partial charge in [0.2, 0.25) is 0 Å². The first-order valence-corrected chi connectivity index (χ1v) is 13.6. The van der Waals surface area contributed by atoms with E-state index in [1.807, 2.05) is 18.2 Å². The van der Waals surface area contributed by atoms with Gasteiger partial charge in [-0.25, -0.2) is 0 Å². The van der Waals surface area contributed by atoms with Crippen LogP contribution in [0.15, 0.2) is 24.3 Å². The molecule has 1 aliphatic carbocycles. The van der Waals surface area contributed by atoms with Crippen molar-refractivity contribution in [3.8, 4) is 0 Å². The third-order valence-corrected chi connectivity index (χ3v) is 6.72. The number of carbonyl (C=O) groups excluding carboxylic acids is 3. The zero-order valence-electron chi connectivity index (χ0n) is 22.5. The van der Waals surface area contributed by atoms with Gasteiger partial charge >= 0.3 is 17.9 Å². The molecule has 0 aromatic carbocycles. The van der Waals surface area contributed by atoms with E-state index in [2.05, 4.69) is 13.0 Å². The Kier molecular flexibility index (Phi) is 16.9. The summed E-state index contributed by atoms with van der Waals surface area (Å²) in [5.41, 5.74) is 0. The number of hydrogen-bond acceptors (Lipinski definition) is 6. The van der Waals surface area contributed by atoms with E-state index >= 15 is 0 Å². The van der Waals surface area contributed by atoms with Crippen LogP contribution >= 0.6 is 0 Å². The lowest BCUT2D eigenvalue weighted by atomic mass is 9.75. The van der Waals surface area contributed by atoms with Crippen LogP contribution in [0.2, 0.25) is 0 Å². The van der Waals surface area contributed by atoms with Gasteiger partial charge in [0.25, 0.3) is 0 Å². The zero-order chi connectivity index (χ0) is 25.9. The summed E-state index contributed by atoms with van der Waals surface area (Å²) in [6, 6.07) is 0. The maximum atomic E-state index is 11.8. The number of allylic oxidation sites excluding steroid dienone is 3. The molecule has 0 heterocycles. The van der Waals surface area contributed by atoms with Gasteiger partial charge in [-0.1, -0.05) is 70.1 Å². The molecular formula is C29H48O6. The van der Waals surface area contributed by atoms with Gasteiger partial charge in [-0.2, -0.15) is 0 Å². The fraction of sp³-hybridized carbons (Fsp3) is 0.759. The maximum absolute atomic E-state index is 11.8. The standard InChI is InChI=1S/C29H48O6/c1-5-6-7-8-9-10-18-26(34-23(2)30)19-13-11-16-25-17-12-14-20-27(25)28(35-24(3)31)21-15-22-29(32)33-4/h11,13,16,19,25-28H,5-10,12,14-15,17-18,20-22H2,1-4H3/b16-11+,19-13+. The quantitative estimate of drug-likeness (QED) is 0.0955. The van der Waals surface area contributed by atoms with Crippen molar-refractivity contribution in [2.45, 2.75) is 123 Å². The van der Waals surface area contributed by atoms with Crippen molar-refractivity contribution in [2.24, 2.45) is 11.8 Å². The smallest absolute Gasteiger partial charge is 0.305 e. The lowest BCUT2D eigenvalue weighted by Gasteiger charge is -2.35. The highest BCUT2D eigenvalue weighted by Gasteiger charge is 2.32. The molecule has 200 valence electrons. The highest BCUT2D eigenvalue weighted by atomic mass is 16.5. The molecule has 0 spiro atoms. The van der Waals surface area contributed by atoms with E-state index in [1.165, 1.54) is 53.1 Å². The van der Waals surface area contributed by atoms with E-state index in [9.17, 15) is 14.4 Å². The van der Waals surface area contributed by atoms with Gasteiger partial charge in [0.15, 0.2) is 0 Å². The number of carbonyl (C=O) groups is 3.